The van der Waals surface area contributed by atoms with Crippen LogP contribution < -0.4 is 0 Å². The van der Waals surface area contributed by atoms with Gasteiger partial charge in [-0.05, 0) is 20.3 Å². The number of hydrogen-bond acceptors (Lipinski definition) is 5. The monoisotopic (exact) mass is 248 g/mol. The molecule has 6 nitrogen and oxygen atoms in total. The van der Waals surface area contributed by atoms with Gasteiger partial charge in [-0.1, -0.05) is 0 Å². The molecule has 1 saturated heterocycles. The second kappa shape index (κ2) is 6.30. The molecule has 0 unspecified atom stereocenters. The standard InChI is InChI=1S/C11H20O6/c1-6(3-4-10(14)15)16-11-9(13)5-8(12)7(2)17-11/h6-9,11-13H,3-5H2,1-2H3,(H,14,15)/t6-,7+,8-,9+,11-/m0/s1. The molecule has 0 saturated carbocycles. The van der Waals surface area contributed by atoms with Crippen molar-refractivity contribution in [3.63, 3.8) is 0 Å². The number of aliphatic hydroxyl groups is 2. The molecule has 0 radical (unpaired) electrons. The highest BCUT2D eigenvalue weighted by Gasteiger charge is 2.35. The fraction of sp³-hybridized carbons (Fsp3) is 0.909. The van der Waals surface area contributed by atoms with Gasteiger partial charge >= 0.3 is 5.97 Å². The Morgan fingerprint density at radius 3 is 2.71 bits per heavy atom. The molecule has 1 fully saturated rings. The van der Waals surface area contributed by atoms with Gasteiger partial charge in [-0.2, -0.15) is 0 Å². The maximum absolute atomic E-state index is 10.4. The second-order valence-corrected chi connectivity index (χ2v) is 4.46. The van der Waals surface area contributed by atoms with E-state index in [0.29, 0.717) is 6.42 Å². The van der Waals surface area contributed by atoms with Gasteiger partial charge in [0.15, 0.2) is 6.29 Å². The number of ether oxygens (including phenoxy) is 2. The summed E-state index contributed by atoms with van der Waals surface area (Å²) in [7, 11) is 0. The zero-order valence-electron chi connectivity index (χ0n) is 10.1. The van der Waals surface area contributed by atoms with Crippen LogP contribution in [0.25, 0.3) is 0 Å². The van der Waals surface area contributed by atoms with Crippen molar-refractivity contribution >= 4 is 5.97 Å². The van der Waals surface area contributed by atoms with Crippen LogP contribution in [0.2, 0.25) is 0 Å². The maximum atomic E-state index is 10.4. The van der Waals surface area contributed by atoms with Crippen molar-refractivity contribution in [1.29, 1.82) is 0 Å². The molecule has 0 bridgehead atoms. The van der Waals surface area contributed by atoms with Gasteiger partial charge in [-0.15, -0.1) is 0 Å². The average Bonchev–Trinajstić information content (AvgIpc) is 2.23. The van der Waals surface area contributed by atoms with E-state index >= 15 is 0 Å². The topological polar surface area (TPSA) is 96.2 Å². The Hall–Kier alpha value is -0.690. The average molecular weight is 248 g/mol. The van der Waals surface area contributed by atoms with Crippen LogP contribution in [0, 0.1) is 0 Å². The largest absolute Gasteiger partial charge is 0.481 e. The van der Waals surface area contributed by atoms with Crippen molar-refractivity contribution in [2.45, 2.75) is 63.8 Å². The Labute approximate surface area is 100 Å². The van der Waals surface area contributed by atoms with Crippen LogP contribution in [0.3, 0.4) is 0 Å². The Balaban J connectivity index is 2.37. The van der Waals surface area contributed by atoms with E-state index < -0.39 is 30.6 Å². The van der Waals surface area contributed by atoms with E-state index in [9.17, 15) is 15.0 Å². The van der Waals surface area contributed by atoms with Crippen LogP contribution in [0.5, 0.6) is 0 Å². The number of carboxylic acid groups (broad SMARTS) is 1. The summed E-state index contributed by atoms with van der Waals surface area (Å²) in [5.41, 5.74) is 0. The molecule has 1 heterocycles. The predicted octanol–water partition coefficient (Wildman–Crippen LogP) is 0.113. The predicted molar refractivity (Wildman–Crippen MR) is 58.4 cm³/mol. The third kappa shape index (κ3) is 4.59. The van der Waals surface area contributed by atoms with Crippen LogP contribution in [-0.2, 0) is 14.3 Å². The first-order chi connectivity index (χ1) is 7.90. The van der Waals surface area contributed by atoms with Crippen LogP contribution in [0.4, 0.5) is 0 Å². The quantitative estimate of drug-likeness (QED) is 0.639. The summed E-state index contributed by atoms with van der Waals surface area (Å²) in [6, 6.07) is 0. The highest BCUT2D eigenvalue weighted by molar-refractivity contribution is 5.66. The molecule has 0 spiro atoms. The number of aliphatic hydroxyl groups excluding tert-OH is 2. The van der Waals surface area contributed by atoms with Crippen LogP contribution >= 0.6 is 0 Å². The summed E-state index contributed by atoms with van der Waals surface area (Å²) in [4.78, 5) is 10.4. The number of carbonyl (C=O) groups is 1. The van der Waals surface area contributed by atoms with Crippen LogP contribution in [0.15, 0.2) is 0 Å². The number of hydrogen-bond donors (Lipinski definition) is 3. The third-order valence-corrected chi connectivity index (χ3v) is 2.82. The Morgan fingerprint density at radius 1 is 1.47 bits per heavy atom. The van der Waals surface area contributed by atoms with Crippen molar-refractivity contribution in [2.24, 2.45) is 0 Å². The molecule has 17 heavy (non-hydrogen) atoms. The fourth-order valence-corrected chi connectivity index (χ4v) is 1.69. The molecule has 1 aliphatic rings. The van der Waals surface area contributed by atoms with Gasteiger partial charge < -0.3 is 24.8 Å². The van der Waals surface area contributed by atoms with Crippen molar-refractivity contribution in [3.8, 4) is 0 Å². The Bertz CT molecular complexity index is 256. The second-order valence-electron chi connectivity index (χ2n) is 4.46. The Morgan fingerprint density at radius 2 is 2.12 bits per heavy atom. The van der Waals surface area contributed by atoms with E-state index in [2.05, 4.69) is 0 Å². The number of carboxylic acids is 1. The van der Waals surface area contributed by atoms with Gasteiger partial charge in [0, 0.05) is 12.8 Å². The van der Waals surface area contributed by atoms with Crippen molar-refractivity contribution in [3.05, 3.63) is 0 Å². The zero-order valence-corrected chi connectivity index (χ0v) is 10.1. The summed E-state index contributed by atoms with van der Waals surface area (Å²) in [6.45, 7) is 3.43. The molecular formula is C11H20O6. The first-order valence-corrected chi connectivity index (χ1v) is 5.79. The summed E-state index contributed by atoms with van der Waals surface area (Å²) in [5, 5.41) is 27.6. The minimum absolute atomic E-state index is 0.0160. The highest BCUT2D eigenvalue weighted by atomic mass is 16.7. The molecule has 0 amide bonds. The minimum atomic E-state index is -0.881. The number of aliphatic carboxylic acids is 1. The maximum Gasteiger partial charge on any atom is 0.303 e. The van der Waals surface area contributed by atoms with Gasteiger partial charge in [-0.3, -0.25) is 4.79 Å². The highest BCUT2D eigenvalue weighted by Crippen LogP contribution is 2.22. The Kier molecular flexibility index (Phi) is 5.32. The first-order valence-electron chi connectivity index (χ1n) is 5.79. The first kappa shape index (κ1) is 14.4. The summed E-state index contributed by atoms with van der Waals surface area (Å²) < 4.78 is 10.7. The van der Waals surface area contributed by atoms with Crippen molar-refractivity contribution in [2.75, 3.05) is 0 Å². The minimum Gasteiger partial charge on any atom is -0.481 e. The normalized spacial score (nSPS) is 35.5. The van der Waals surface area contributed by atoms with Crippen LogP contribution in [-0.4, -0.2) is 52.0 Å². The van der Waals surface area contributed by atoms with E-state index in [1.807, 2.05) is 0 Å². The molecule has 0 aromatic rings. The van der Waals surface area contributed by atoms with E-state index in [1.165, 1.54) is 0 Å². The van der Waals surface area contributed by atoms with Gasteiger partial charge in [0.25, 0.3) is 0 Å². The molecule has 0 aromatic carbocycles. The van der Waals surface area contributed by atoms with Gasteiger partial charge in [0.05, 0.1) is 18.3 Å². The summed E-state index contributed by atoms with van der Waals surface area (Å²) >= 11 is 0. The molecule has 0 aromatic heterocycles. The molecule has 0 aliphatic carbocycles. The third-order valence-electron chi connectivity index (χ3n) is 2.82. The lowest BCUT2D eigenvalue weighted by atomic mass is 10.0. The lowest BCUT2D eigenvalue weighted by Gasteiger charge is -2.36. The molecule has 100 valence electrons. The van der Waals surface area contributed by atoms with Crippen molar-refractivity contribution < 1.29 is 29.6 Å². The molecular weight excluding hydrogens is 228 g/mol. The molecule has 5 atom stereocenters. The van der Waals surface area contributed by atoms with Gasteiger partial charge in [0.2, 0.25) is 0 Å². The molecule has 1 rings (SSSR count). The van der Waals surface area contributed by atoms with E-state index in [-0.39, 0.29) is 18.9 Å². The van der Waals surface area contributed by atoms with Crippen LogP contribution in [0.1, 0.15) is 33.1 Å². The summed E-state index contributed by atoms with van der Waals surface area (Å²) in [5.74, 6) is -0.880. The SMILES string of the molecule is C[C@@H](CCC(=O)O)O[C@H]1O[C@H](C)[C@@H](O)C[C@H]1O. The van der Waals surface area contributed by atoms with Crippen molar-refractivity contribution in [1.82, 2.24) is 0 Å². The lowest BCUT2D eigenvalue weighted by Crippen LogP contribution is -2.48. The number of rotatable bonds is 5. The lowest BCUT2D eigenvalue weighted by molar-refractivity contribution is -0.273. The van der Waals surface area contributed by atoms with Gasteiger partial charge in [0.1, 0.15) is 6.10 Å². The van der Waals surface area contributed by atoms with E-state index in [4.69, 9.17) is 14.6 Å². The fourth-order valence-electron chi connectivity index (χ4n) is 1.69. The summed E-state index contributed by atoms with van der Waals surface area (Å²) in [6.07, 6.45) is -2.49. The van der Waals surface area contributed by atoms with E-state index in [0.717, 1.165) is 0 Å². The molecule has 1 aliphatic heterocycles. The smallest absolute Gasteiger partial charge is 0.303 e. The van der Waals surface area contributed by atoms with Gasteiger partial charge in [-0.25, -0.2) is 0 Å². The van der Waals surface area contributed by atoms with E-state index in [1.54, 1.807) is 13.8 Å². The zero-order chi connectivity index (χ0) is 13.0. The molecule has 3 N–H and O–H groups in total. The molecule has 6 heteroatoms.